The van der Waals surface area contributed by atoms with E-state index in [1.54, 1.807) is 6.07 Å². The molecule has 0 heterocycles. The van der Waals surface area contributed by atoms with Gasteiger partial charge in [-0.3, -0.25) is 10.1 Å². The van der Waals surface area contributed by atoms with Gasteiger partial charge in [-0.1, -0.05) is 0 Å². The summed E-state index contributed by atoms with van der Waals surface area (Å²) in [5.74, 6) is 0. The maximum absolute atomic E-state index is 11.0. The van der Waals surface area contributed by atoms with Gasteiger partial charge in [-0.25, -0.2) is 13.6 Å². The van der Waals surface area contributed by atoms with Crippen LogP contribution >= 0.6 is 0 Å². The second-order valence-electron chi connectivity index (χ2n) is 3.05. The van der Waals surface area contributed by atoms with Crippen molar-refractivity contribution >= 4 is 15.7 Å². The van der Waals surface area contributed by atoms with E-state index >= 15 is 0 Å². The van der Waals surface area contributed by atoms with E-state index in [-0.39, 0.29) is 16.0 Å². The van der Waals surface area contributed by atoms with E-state index in [1.807, 2.05) is 0 Å². The minimum absolute atomic E-state index is 0.169. The Morgan fingerprint density at radius 3 is 2.44 bits per heavy atom. The van der Waals surface area contributed by atoms with E-state index in [9.17, 15) is 18.5 Å². The number of sulfonamides is 1. The van der Waals surface area contributed by atoms with Gasteiger partial charge in [0.05, 0.1) is 9.82 Å². The average molecular weight is 241 g/mol. The highest BCUT2D eigenvalue weighted by atomic mass is 32.2. The van der Waals surface area contributed by atoms with Crippen molar-refractivity contribution in [3.05, 3.63) is 33.4 Å². The second kappa shape index (κ2) is 3.88. The summed E-state index contributed by atoms with van der Waals surface area (Å²) < 4.78 is 22.1. The summed E-state index contributed by atoms with van der Waals surface area (Å²) in [5.41, 5.74) is -0.537. The molecular weight excluding hydrogens is 234 g/mol. The minimum atomic E-state index is -4.02. The molecule has 0 amide bonds. The Bertz CT molecular complexity index is 600. The summed E-state index contributed by atoms with van der Waals surface area (Å²) in [6, 6.07) is 3.55. The number of nitro benzene ring substituents is 1. The molecule has 1 aromatic rings. The summed E-state index contributed by atoms with van der Waals surface area (Å²) in [5, 5.41) is 24.2. The average Bonchev–Trinajstić information content (AvgIpc) is 2.14. The van der Waals surface area contributed by atoms with E-state index in [1.165, 1.54) is 6.92 Å². The lowest BCUT2D eigenvalue weighted by atomic mass is 10.1. The Hall–Kier alpha value is -1.98. The van der Waals surface area contributed by atoms with Crippen LogP contribution in [0.3, 0.4) is 0 Å². The van der Waals surface area contributed by atoms with Crippen LogP contribution < -0.4 is 5.14 Å². The van der Waals surface area contributed by atoms with Gasteiger partial charge in [0.25, 0.3) is 5.69 Å². The molecule has 0 aliphatic carbocycles. The number of hydrogen-bond donors (Lipinski definition) is 1. The number of primary sulfonamides is 1. The molecule has 0 aromatic heterocycles. The number of hydrogen-bond acceptors (Lipinski definition) is 5. The maximum Gasteiger partial charge on any atom is 0.288 e. The first-order valence-electron chi connectivity index (χ1n) is 3.99. The van der Waals surface area contributed by atoms with Crippen LogP contribution in [0.25, 0.3) is 0 Å². The third-order valence-electron chi connectivity index (χ3n) is 1.93. The summed E-state index contributed by atoms with van der Waals surface area (Å²) in [6.07, 6.45) is 0. The van der Waals surface area contributed by atoms with Gasteiger partial charge in [-0.15, -0.1) is 0 Å². The van der Waals surface area contributed by atoms with E-state index < -0.39 is 20.6 Å². The predicted octanol–water partition coefficient (Wildman–Crippen LogP) is 0.422. The number of nitrogens with two attached hydrogens (primary N) is 1. The standard InChI is InChI=1S/C8H7N3O4S/c1-5-2-6(16(10,14)15)3-8(11(12)13)7(5)4-9/h2-3H,1H3,(H2,10,14,15). The van der Waals surface area contributed by atoms with Gasteiger partial charge in [0.2, 0.25) is 10.0 Å². The normalized spacial score (nSPS) is 10.8. The SMILES string of the molecule is Cc1cc(S(N)(=O)=O)cc([N+](=O)[O-])c1C#N. The molecule has 16 heavy (non-hydrogen) atoms. The van der Waals surface area contributed by atoms with Gasteiger partial charge >= 0.3 is 0 Å². The van der Waals surface area contributed by atoms with Crippen molar-refractivity contribution in [2.45, 2.75) is 11.8 Å². The fourth-order valence-electron chi connectivity index (χ4n) is 1.19. The number of nitro groups is 1. The molecule has 0 atom stereocenters. The molecule has 1 rings (SSSR count). The molecule has 0 aliphatic heterocycles. The van der Waals surface area contributed by atoms with Crippen LogP contribution in [0.2, 0.25) is 0 Å². The van der Waals surface area contributed by atoms with Crippen molar-refractivity contribution < 1.29 is 13.3 Å². The van der Waals surface area contributed by atoms with Crippen molar-refractivity contribution in [3.63, 3.8) is 0 Å². The van der Waals surface area contributed by atoms with E-state index in [4.69, 9.17) is 10.4 Å². The molecule has 0 aliphatic rings. The van der Waals surface area contributed by atoms with Gasteiger partial charge < -0.3 is 0 Å². The first-order chi connectivity index (χ1) is 7.27. The summed E-state index contributed by atoms with van der Waals surface area (Å²) in [6.45, 7) is 1.40. The zero-order chi connectivity index (χ0) is 12.5. The Labute approximate surface area is 91.3 Å². The predicted molar refractivity (Wildman–Crippen MR) is 53.9 cm³/mol. The number of benzene rings is 1. The first-order valence-corrected chi connectivity index (χ1v) is 5.54. The van der Waals surface area contributed by atoms with Crippen molar-refractivity contribution in [1.29, 1.82) is 5.26 Å². The van der Waals surface area contributed by atoms with Crippen molar-refractivity contribution in [2.24, 2.45) is 5.14 Å². The van der Waals surface area contributed by atoms with Gasteiger partial charge in [0, 0.05) is 6.07 Å². The molecule has 84 valence electrons. The monoisotopic (exact) mass is 241 g/mol. The molecule has 0 unspecified atom stereocenters. The zero-order valence-electron chi connectivity index (χ0n) is 8.17. The van der Waals surface area contributed by atoms with Crippen molar-refractivity contribution in [3.8, 4) is 6.07 Å². The van der Waals surface area contributed by atoms with Crippen LogP contribution in [-0.4, -0.2) is 13.3 Å². The molecule has 7 nitrogen and oxygen atoms in total. The lowest BCUT2D eigenvalue weighted by Gasteiger charge is -2.02. The fourth-order valence-corrected chi connectivity index (χ4v) is 1.81. The van der Waals surface area contributed by atoms with Gasteiger partial charge in [0.15, 0.2) is 0 Å². The van der Waals surface area contributed by atoms with Crippen LogP contribution in [0, 0.1) is 28.4 Å². The number of rotatable bonds is 2. The Morgan fingerprint density at radius 2 is 2.06 bits per heavy atom. The van der Waals surface area contributed by atoms with Crippen molar-refractivity contribution in [1.82, 2.24) is 0 Å². The second-order valence-corrected chi connectivity index (χ2v) is 4.61. The lowest BCUT2D eigenvalue weighted by molar-refractivity contribution is -0.385. The van der Waals surface area contributed by atoms with E-state index in [0.29, 0.717) is 0 Å². The van der Waals surface area contributed by atoms with E-state index in [0.717, 1.165) is 12.1 Å². The fraction of sp³-hybridized carbons (Fsp3) is 0.125. The maximum atomic E-state index is 11.0. The van der Waals surface area contributed by atoms with E-state index in [2.05, 4.69) is 0 Å². The molecular formula is C8H7N3O4S. The molecule has 8 heteroatoms. The highest BCUT2D eigenvalue weighted by Crippen LogP contribution is 2.25. The Kier molecular flexibility index (Phi) is 2.93. The summed E-state index contributed by atoms with van der Waals surface area (Å²) >= 11 is 0. The smallest absolute Gasteiger partial charge is 0.258 e. The molecule has 0 fully saturated rings. The van der Waals surface area contributed by atoms with Gasteiger partial charge in [0.1, 0.15) is 11.6 Å². The Balaban J connectivity index is 3.67. The van der Waals surface area contributed by atoms with Crippen LogP contribution in [0.15, 0.2) is 17.0 Å². The molecule has 0 saturated heterocycles. The number of nitrogens with zero attached hydrogens (tertiary/aromatic N) is 2. The third kappa shape index (κ3) is 2.16. The van der Waals surface area contributed by atoms with Crippen LogP contribution in [0.4, 0.5) is 5.69 Å². The molecule has 0 radical (unpaired) electrons. The summed E-state index contributed by atoms with van der Waals surface area (Å²) in [4.78, 5) is 9.43. The van der Waals surface area contributed by atoms with Gasteiger partial charge in [-0.05, 0) is 18.6 Å². The number of nitriles is 1. The summed E-state index contributed by atoms with van der Waals surface area (Å²) in [7, 11) is -4.02. The lowest BCUT2D eigenvalue weighted by Crippen LogP contribution is -2.13. The van der Waals surface area contributed by atoms with Gasteiger partial charge in [-0.2, -0.15) is 5.26 Å². The highest BCUT2D eigenvalue weighted by Gasteiger charge is 2.21. The largest absolute Gasteiger partial charge is 0.288 e. The van der Waals surface area contributed by atoms with Crippen LogP contribution in [0.5, 0.6) is 0 Å². The van der Waals surface area contributed by atoms with Crippen molar-refractivity contribution in [2.75, 3.05) is 0 Å². The molecule has 0 spiro atoms. The molecule has 2 N–H and O–H groups in total. The molecule has 0 saturated carbocycles. The Morgan fingerprint density at radius 1 is 1.50 bits per heavy atom. The number of aryl methyl sites for hydroxylation is 1. The van der Waals surface area contributed by atoms with Crippen LogP contribution in [0.1, 0.15) is 11.1 Å². The molecule has 1 aromatic carbocycles. The zero-order valence-corrected chi connectivity index (χ0v) is 8.98. The minimum Gasteiger partial charge on any atom is -0.258 e. The highest BCUT2D eigenvalue weighted by molar-refractivity contribution is 7.89. The first kappa shape index (κ1) is 12.1. The quantitative estimate of drug-likeness (QED) is 0.592. The topological polar surface area (TPSA) is 127 Å². The van der Waals surface area contributed by atoms with Crippen LogP contribution in [-0.2, 0) is 10.0 Å². The molecule has 0 bridgehead atoms. The third-order valence-corrected chi connectivity index (χ3v) is 2.82.